The van der Waals surface area contributed by atoms with Crippen molar-refractivity contribution in [1.82, 2.24) is 9.55 Å². The predicted molar refractivity (Wildman–Crippen MR) is 57.5 cm³/mol. The van der Waals surface area contributed by atoms with Crippen LogP contribution >= 0.6 is 0 Å². The molecule has 82 valence electrons. The fraction of sp³-hybridized carbons (Fsp3) is 0.455. The Morgan fingerprint density at radius 3 is 2.93 bits per heavy atom. The van der Waals surface area contributed by atoms with Crippen molar-refractivity contribution in [3.8, 4) is 0 Å². The fourth-order valence-corrected chi connectivity index (χ4v) is 1.25. The van der Waals surface area contributed by atoms with Gasteiger partial charge in [-0.1, -0.05) is 12.2 Å². The Bertz CT molecular complexity index is 304. The molecule has 15 heavy (non-hydrogen) atoms. The standard InChI is InChI=1S/C11H16N2O2/c14-11(15)6-4-2-1-3-5-8-13-9-7-12-10-13/h3,5,7,9-10H,1-2,4,6,8H2,(H,14,15)/b5-3-. The zero-order valence-corrected chi connectivity index (χ0v) is 8.67. The van der Waals surface area contributed by atoms with Crippen LogP contribution in [-0.2, 0) is 11.3 Å². The van der Waals surface area contributed by atoms with Crippen molar-refractivity contribution >= 4 is 5.97 Å². The number of unbranched alkanes of at least 4 members (excludes halogenated alkanes) is 2. The molecule has 0 amide bonds. The molecule has 0 aromatic carbocycles. The molecule has 4 heteroatoms. The van der Waals surface area contributed by atoms with Gasteiger partial charge in [0.15, 0.2) is 0 Å². The minimum atomic E-state index is -0.711. The molecule has 1 rings (SSSR count). The second kappa shape index (κ2) is 6.81. The molecule has 4 nitrogen and oxygen atoms in total. The maximum Gasteiger partial charge on any atom is 0.303 e. The van der Waals surface area contributed by atoms with E-state index in [1.54, 1.807) is 12.5 Å². The molecule has 0 atom stereocenters. The number of carbonyl (C=O) groups is 1. The topological polar surface area (TPSA) is 55.1 Å². The van der Waals surface area contributed by atoms with Gasteiger partial charge in [-0.2, -0.15) is 0 Å². The predicted octanol–water partition coefficient (Wildman–Crippen LogP) is 2.08. The Kier molecular flexibility index (Phi) is 5.22. The summed E-state index contributed by atoms with van der Waals surface area (Å²) in [6.07, 6.45) is 12.5. The minimum Gasteiger partial charge on any atom is -0.481 e. The van der Waals surface area contributed by atoms with E-state index in [-0.39, 0.29) is 6.42 Å². The molecular formula is C11H16N2O2. The second-order valence-electron chi connectivity index (χ2n) is 3.37. The summed E-state index contributed by atoms with van der Waals surface area (Å²) >= 11 is 0. The Balaban J connectivity index is 2.00. The van der Waals surface area contributed by atoms with Crippen molar-refractivity contribution in [2.24, 2.45) is 0 Å². The highest BCUT2D eigenvalue weighted by Gasteiger charge is 1.94. The largest absolute Gasteiger partial charge is 0.481 e. The van der Waals surface area contributed by atoms with Crippen molar-refractivity contribution in [2.75, 3.05) is 0 Å². The summed E-state index contributed by atoms with van der Waals surface area (Å²) in [6, 6.07) is 0. The van der Waals surface area contributed by atoms with Gasteiger partial charge in [0.1, 0.15) is 0 Å². The normalized spacial score (nSPS) is 10.9. The van der Waals surface area contributed by atoms with Crippen LogP contribution in [0.1, 0.15) is 25.7 Å². The summed E-state index contributed by atoms with van der Waals surface area (Å²) in [5.41, 5.74) is 0. The third-order valence-corrected chi connectivity index (χ3v) is 2.05. The van der Waals surface area contributed by atoms with Crippen LogP contribution in [-0.4, -0.2) is 20.6 Å². The SMILES string of the molecule is O=C(O)CCCC/C=C\Cn1ccnc1. The van der Waals surface area contributed by atoms with Crippen LogP contribution in [0.4, 0.5) is 0 Å². The van der Waals surface area contributed by atoms with Crippen LogP contribution in [0.3, 0.4) is 0 Å². The van der Waals surface area contributed by atoms with E-state index in [9.17, 15) is 4.79 Å². The molecule has 0 bridgehead atoms. The maximum atomic E-state index is 10.2. The van der Waals surface area contributed by atoms with Gasteiger partial charge < -0.3 is 9.67 Å². The molecule has 1 N–H and O–H groups in total. The van der Waals surface area contributed by atoms with Crippen LogP contribution < -0.4 is 0 Å². The first-order valence-electron chi connectivity index (χ1n) is 5.11. The van der Waals surface area contributed by atoms with Gasteiger partial charge in [0.2, 0.25) is 0 Å². The summed E-state index contributed by atoms with van der Waals surface area (Å²) in [4.78, 5) is 14.1. The van der Waals surface area contributed by atoms with E-state index in [0.717, 1.165) is 25.8 Å². The van der Waals surface area contributed by atoms with Crippen molar-refractivity contribution in [3.05, 3.63) is 30.9 Å². The van der Waals surface area contributed by atoms with Gasteiger partial charge >= 0.3 is 5.97 Å². The lowest BCUT2D eigenvalue weighted by Gasteiger charge is -1.95. The number of hydrogen-bond donors (Lipinski definition) is 1. The van der Waals surface area contributed by atoms with E-state index in [1.807, 2.05) is 10.8 Å². The van der Waals surface area contributed by atoms with Gasteiger partial charge in [-0.25, -0.2) is 4.98 Å². The monoisotopic (exact) mass is 208 g/mol. The number of aliphatic carboxylic acids is 1. The summed E-state index contributed by atoms with van der Waals surface area (Å²) in [5.74, 6) is -0.711. The van der Waals surface area contributed by atoms with Crippen molar-refractivity contribution in [3.63, 3.8) is 0 Å². The van der Waals surface area contributed by atoms with E-state index < -0.39 is 5.97 Å². The van der Waals surface area contributed by atoms with E-state index in [4.69, 9.17) is 5.11 Å². The van der Waals surface area contributed by atoms with E-state index >= 15 is 0 Å². The zero-order valence-electron chi connectivity index (χ0n) is 8.67. The molecule has 0 aliphatic heterocycles. The average Bonchev–Trinajstić information content (AvgIpc) is 2.68. The first kappa shape index (κ1) is 11.5. The van der Waals surface area contributed by atoms with Crippen LogP contribution in [0.5, 0.6) is 0 Å². The number of aromatic nitrogens is 2. The van der Waals surface area contributed by atoms with E-state index in [1.165, 1.54) is 0 Å². The van der Waals surface area contributed by atoms with Crippen molar-refractivity contribution in [2.45, 2.75) is 32.2 Å². The summed E-state index contributed by atoms with van der Waals surface area (Å²) in [6.45, 7) is 0.832. The molecule has 1 aromatic heterocycles. The lowest BCUT2D eigenvalue weighted by atomic mass is 10.2. The maximum absolute atomic E-state index is 10.2. The number of rotatable bonds is 7. The molecule has 0 aliphatic carbocycles. The van der Waals surface area contributed by atoms with Crippen LogP contribution in [0.25, 0.3) is 0 Å². The first-order chi connectivity index (χ1) is 7.29. The molecule has 0 radical (unpaired) electrons. The number of nitrogens with zero attached hydrogens (tertiary/aromatic N) is 2. The van der Waals surface area contributed by atoms with Crippen LogP contribution in [0.2, 0.25) is 0 Å². The number of carboxylic acids is 1. The minimum absolute atomic E-state index is 0.273. The quantitative estimate of drug-likeness (QED) is 0.551. The van der Waals surface area contributed by atoms with Gasteiger partial charge in [-0.05, 0) is 19.3 Å². The second-order valence-corrected chi connectivity index (χ2v) is 3.37. The molecule has 1 heterocycles. The van der Waals surface area contributed by atoms with Gasteiger partial charge in [0.05, 0.1) is 6.33 Å². The summed E-state index contributed by atoms with van der Waals surface area (Å²) in [7, 11) is 0. The summed E-state index contributed by atoms with van der Waals surface area (Å²) < 4.78 is 1.98. The van der Waals surface area contributed by atoms with Crippen LogP contribution in [0.15, 0.2) is 30.9 Å². The smallest absolute Gasteiger partial charge is 0.303 e. The molecule has 0 fully saturated rings. The zero-order chi connectivity index (χ0) is 10.9. The number of imidazole rings is 1. The first-order valence-corrected chi connectivity index (χ1v) is 5.11. The lowest BCUT2D eigenvalue weighted by Crippen LogP contribution is -1.93. The third-order valence-electron chi connectivity index (χ3n) is 2.05. The highest BCUT2D eigenvalue weighted by atomic mass is 16.4. The highest BCUT2D eigenvalue weighted by Crippen LogP contribution is 2.00. The Morgan fingerprint density at radius 2 is 2.27 bits per heavy atom. The molecule has 0 spiro atoms. The molecule has 0 saturated heterocycles. The van der Waals surface area contributed by atoms with E-state index in [2.05, 4.69) is 17.1 Å². The van der Waals surface area contributed by atoms with Gasteiger partial charge in [0, 0.05) is 25.4 Å². The molecule has 0 unspecified atom stereocenters. The van der Waals surface area contributed by atoms with Crippen molar-refractivity contribution in [1.29, 1.82) is 0 Å². The van der Waals surface area contributed by atoms with Crippen LogP contribution in [0, 0.1) is 0 Å². The molecule has 0 aliphatic rings. The van der Waals surface area contributed by atoms with Crippen molar-refractivity contribution < 1.29 is 9.90 Å². The van der Waals surface area contributed by atoms with E-state index in [0.29, 0.717) is 0 Å². The average molecular weight is 208 g/mol. The highest BCUT2D eigenvalue weighted by molar-refractivity contribution is 5.66. The Morgan fingerprint density at radius 1 is 1.40 bits per heavy atom. The third kappa shape index (κ3) is 5.67. The van der Waals surface area contributed by atoms with Gasteiger partial charge in [-0.15, -0.1) is 0 Å². The summed E-state index contributed by atoms with van der Waals surface area (Å²) in [5, 5.41) is 8.41. The Labute approximate surface area is 89.3 Å². The number of hydrogen-bond acceptors (Lipinski definition) is 2. The van der Waals surface area contributed by atoms with Gasteiger partial charge in [0.25, 0.3) is 0 Å². The number of allylic oxidation sites excluding steroid dienone is 2. The number of carboxylic acid groups (broad SMARTS) is 1. The molecule has 0 saturated carbocycles. The van der Waals surface area contributed by atoms with Gasteiger partial charge in [-0.3, -0.25) is 4.79 Å². The fourth-order valence-electron chi connectivity index (χ4n) is 1.25. The Hall–Kier alpha value is -1.58. The molecular weight excluding hydrogens is 192 g/mol. The lowest BCUT2D eigenvalue weighted by molar-refractivity contribution is -0.137. The molecule has 1 aromatic rings.